The highest BCUT2D eigenvalue weighted by molar-refractivity contribution is 5.63. The average molecular weight is 409 g/mol. The molecule has 0 fully saturated rings. The van der Waals surface area contributed by atoms with Gasteiger partial charge >= 0.3 is 0 Å². The van der Waals surface area contributed by atoms with Gasteiger partial charge in [-0.05, 0) is 37.6 Å². The molecule has 1 N–H and O–H groups in total. The number of fused-ring (bicyclic) bond motifs is 2. The number of likely N-dealkylation sites (N-methyl/N-ethyl adjacent to an activating group) is 1. The number of hydrogen-bond acceptors (Lipinski definition) is 7. The Morgan fingerprint density at radius 2 is 2.20 bits per heavy atom. The predicted molar refractivity (Wildman–Crippen MR) is 112 cm³/mol. The number of benzene rings is 2. The molecule has 0 unspecified atom stereocenters. The molecule has 4 rings (SSSR count). The fraction of sp³-hybridized carbons (Fsp3) is 0.364. The molecule has 30 heavy (non-hydrogen) atoms. The van der Waals surface area contributed by atoms with Gasteiger partial charge in [-0.3, -0.25) is 15.0 Å². The van der Waals surface area contributed by atoms with Crippen LogP contribution in [0, 0.1) is 28.9 Å². The monoisotopic (exact) mass is 409 g/mol. The number of non-ortho nitro benzene ring substituents is 1. The summed E-state index contributed by atoms with van der Waals surface area (Å²) < 4.78 is 16.8. The normalized spacial score (nSPS) is 17.0. The summed E-state index contributed by atoms with van der Waals surface area (Å²) in [4.78, 5) is 12.8. The van der Waals surface area contributed by atoms with Crippen molar-refractivity contribution in [2.45, 2.75) is 19.4 Å². The van der Waals surface area contributed by atoms with E-state index in [0.29, 0.717) is 29.5 Å². The van der Waals surface area contributed by atoms with Crippen LogP contribution in [0.4, 0.5) is 11.4 Å². The van der Waals surface area contributed by atoms with Gasteiger partial charge in [0, 0.05) is 29.9 Å². The first-order valence-electron chi connectivity index (χ1n) is 9.66. The van der Waals surface area contributed by atoms with Gasteiger partial charge < -0.3 is 19.5 Å². The van der Waals surface area contributed by atoms with Crippen LogP contribution in [0.3, 0.4) is 0 Å². The van der Waals surface area contributed by atoms with E-state index in [2.05, 4.69) is 22.1 Å². The number of methoxy groups -OCH3 is 1. The zero-order valence-corrected chi connectivity index (χ0v) is 17.2. The summed E-state index contributed by atoms with van der Waals surface area (Å²) >= 11 is 0. The second kappa shape index (κ2) is 8.13. The van der Waals surface area contributed by atoms with Gasteiger partial charge in [0.15, 0.2) is 11.5 Å². The number of hydrogen-bond donors (Lipinski definition) is 1. The van der Waals surface area contributed by atoms with Crippen molar-refractivity contribution >= 4 is 11.4 Å². The Labute approximate surface area is 174 Å². The van der Waals surface area contributed by atoms with Gasteiger partial charge in [-0.15, -0.1) is 0 Å². The summed E-state index contributed by atoms with van der Waals surface area (Å²) in [6, 6.07) is 6.63. The van der Waals surface area contributed by atoms with Crippen molar-refractivity contribution < 1.29 is 19.1 Å². The van der Waals surface area contributed by atoms with E-state index in [0.717, 1.165) is 29.7 Å². The molecule has 0 aliphatic carbocycles. The number of ether oxygens (including phenoxy) is 3. The largest absolute Gasteiger partial charge is 0.492 e. The van der Waals surface area contributed by atoms with Gasteiger partial charge in [0.05, 0.1) is 18.6 Å². The van der Waals surface area contributed by atoms with E-state index in [-0.39, 0.29) is 18.5 Å². The zero-order valence-electron chi connectivity index (χ0n) is 17.2. The van der Waals surface area contributed by atoms with Crippen molar-refractivity contribution in [1.82, 2.24) is 4.90 Å². The molecule has 0 amide bonds. The number of nitro groups is 1. The van der Waals surface area contributed by atoms with Gasteiger partial charge in [0.25, 0.3) is 5.69 Å². The molecular formula is C22H23N3O5. The Morgan fingerprint density at radius 3 is 2.97 bits per heavy atom. The summed E-state index contributed by atoms with van der Waals surface area (Å²) in [7, 11) is 3.66. The van der Waals surface area contributed by atoms with Crippen LogP contribution < -0.4 is 19.5 Å². The third-order valence-corrected chi connectivity index (χ3v) is 5.43. The molecule has 2 aliphatic rings. The molecule has 0 radical (unpaired) electrons. The Kier molecular flexibility index (Phi) is 5.38. The Hall–Kier alpha value is -3.44. The minimum absolute atomic E-state index is 0.0535. The average Bonchev–Trinajstić information content (AvgIpc) is 3.20. The van der Waals surface area contributed by atoms with E-state index in [9.17, 15) is 10.1 Å². The topological polar surface area (TPSA) is 86.1 Å². The fourth-order valence-corrected chi connectivity index (χ4v) is 3.82. The Balaban J connectivity index is 1.58. The number of anilines is 1. The van der Waals surface area contributed by atoms with Gasteiger partial charge in [-0.1, -0.05) is 17.9 Å². The number of rotatable bonds is 4. The highest BCUT2D eigenvalue weighted by Gasteiger charge is 2.33. The van der Waals surface area contributed by atoms with Crippen LogP contribution in [0.2, 0.25) is 0 Å². The predicted octanol–water partition coefficient (Wildman–Crippen LogP) is 3.29. The second-order valence-corrected chi connectivity index (χ2v) is 7.28. The van der Waals surface area contributed by atoms with Crippen LogP contribution >= 0.6 is 0 Å². The van der Waals surface area contributed by atoms with Crippen LogP contribution in [0.15, 0.2) is 24.3 Å². The van der Waals surface area contributed by atoms with Crippen molar-refractivity contribution in [1.29, 1.82) is 0 Å². The first-order valence-corrected chi connectivity index (χ1v) is 9.66. The smallest absolute Gasteiger partial charge is 0.271 e. The lowest BCUT2D eigenvalue weighted by molar-refractivity contribution is -0.384. The fourth-order valence-electron chi connectivity index (χ4n) is 3.82. The molecule has 2 aliphatic heterocycles. The van der Waals surface area contributed by atoms with Crippen LogP contribution in [-0.4, -0.2) is 43.9 Å². The third-order valence-electron chi connectivity index (χ3n) is 5.43. The van der Waals surface area contributed by atoms with Crippen LogP contribution in [-0.2, 0) is 6.42 Å². The summed E-state index contributed by atoms with van der Waals surface area (Å²) in [5.41, 5.74) is 3.84. The summed E-state index contributed by atoms with van der Waals surface area (Å²) in [5, 5.41) is 14.2. The molecular weight excluding hydrogens is 386 g/mol. The van der Waals surface area contributed by atoms with E-state index in [1.807, 2.05) is 20.0 Å². The lowest BCUT2D eigenvalue weighted by atomic mass is 9.91. The molecule has 8 nitrogen and oxygen atoms in total. The highest BCUT2D eigenvalue weighted by Crippen LogP contribution is 2.49. The van der Waals surface area contributed by atoms with E-state index in [1.165, 1.54) is 12.1 Å². The maximum absolute atomic E-state index is 11.0. The summed E-state index contributed by atoms with van der Waals surface area (Å²) in [6.07, 6.45) is 0.877. The van der Waals surface area contributed by atoms with Crippen molar-refractivity contribution in [3.05, 3.63) is 51.1 Å². The first-order chi connectivity index (χ1) is 14.5. The molecule has 2 aromatic rings. The Morgan fingerprint density at radius 1 is 1.37 bits per heavy atom. The van der Waals surface area contributed by atoms with E-state index < -0.39 is 4.92 Å². The van der Waals surface area contributed by atoms with E-state index in [1.54, 1.807) is 13.2 Å². The first kappa shape index (κ1) is 19.9. The third kappa shape index (κ3) is 3.60. The van der Waals surface area contributed by atoms with Crippen LogP contribution in [0.25, 0.3) is 0 Å². The molecule has 0 aromatic heterocycles. The molecule has 2 aromatic carbocycles. The summed E-state index contributed by atoms with van der Waals surface area (Å²) in [5.74, 6) is 8.51. The molecule has 0 saturated carbocycles. The van der Waals surface area contributed by atoms with Gasteiger partial charge in [-0.2, -0.15) is 0 Å². The molecule has 0 bridgehead atoms. The molecule has 8 heteroatoms. The van der Waals surface area contributed by atoms with Crippen molar-refractivity contribution in [3.8, 4) is 29.1 Å². The van der Waals surface area contributed by atoms with Gasteiger partial charge in [0.1, 0.15) is 6.04 Å². The molecule has 156 valence electrons. The number of nitrogens with zero attached hydrogens (tertiary/aromatic N) is 2. The van der Waals surface area contributed by atoms with Gasteiger partial charge in [0.2, 0.25) is 12.5 Å². The van der Waals surface area contributed by atoms with E-state index in [4.69, 9.17) is 14.2 Å². The lowest BCUT2D eigenvalue weighted by Gasteiger charge is -2.32. The van der Waals surface area contributed by atoms with Crippen LogP contribution in [0.5, 0.6) is 17.2 Å². The minimum Gasteiger partial charge on any atom is -0.492 e. The van der Waals surface area contributed by atoms with Crippen molar-refractivity contribution in [3.63, 3.8) is 0 Å². The standard InChI is InChI=1S/C22H23N3O5/c1-14-6-7-16(25(26)27)12-17(14)23-9-4-5-18-20-15(8-10-24(18)2)11-19-21(22(20)28-3)30-13-29-19/h6-7,11-12,18,23H,8-10,13H2,1-3H3/t18-/m0/s1. The quantitative estimate of drug-likeness (QED) is 0.471. The second-order valence-electron chi connectivity index (χ2n) is 7.28. The number of nitrogens with one attached hydrogen (secondary N) is 1. The number of aryl methyl sites for hydroxylation is 1. The Bertz CT molecular complexity index is 1060. The molecule has 1 atom stereocenters. The van der Waals surface area contributed by atoms with Crippen LogP contribution in [0.1, 0.15) is 22.7 Å². The highest BCUT2D eigenvalue weighted by atomic mass is 16.7. The number of nitro benzene ring substituents is 1. The van der Waals surface area contributed by atoms with E-state index >= 15 is 0 Å². The van der Waals surface area contributed by atoms with Gasteiger partial charge in [-0.25, -0.2) is 0 Å². The maximum atomic E-state index is 11.0. The zero-order chi connectivity index (χ0) is 21.3. The molecule has 2 heterocycles. The summed E-state index contributed by atoms with van der Waals surface area (Å²) in [6.45, 7) is 3.33. The van der Waals surface area contributed by atoms with Crippen molar-refractivity contribution in [2.75, 3.05) is 39.4 Å². The molecule has 0 saturated heterocycles. The van der Waals surface area contributed by atoms with Crippen molar-refractivity contribution in [2.24, 2.45) is 0 Å². The molecule has 0 spiro atoms. The maximum Gasteiger partial charge on any atom is 0.271 e. The SMILES string of the molecule is COc1c2c(cc3c1[C@H](C#CCNc1cc([N+](=O)[O-])ccc1C)N(C)CC3)OCO2. The lowest BCUT2D eigenvalue weighted by Crippen LogP contribution is -2.31. The minimum atomic E-state index is -0.402.